The number of nitrogens with zero attached hydrogens (tertiary/aromatic N) is 1. The third kappa shape index (κ3) is 5.90. The lowest BCUT2D eigenvalue weighted by atomic mass is 10.3. The fraction of sp³-hybridized carbons (Fsp3) is 0.500. The Morgan fingerprint density at radius 1 is 1.39 bits per heavy atom. The second-order valence-corrected chi connectivity index (χ2v) is 4.12. The van der Waals surface area contributed by atoms with E-state index < -0.39 is 0 Å². The lowest BCUT2D eigenvalue weighted by Gasteiger charge is -2.07. The first-order valence-electron chi connectivity index (χ1n) is 5.80. The van der Waals surface area contributed by atoms with Crippen molar-refractivity contribution in [2.75, 3.05) is 38.8 Å². The van der Waals surface area contributed by atoms with E-state index in [0.29, 0.717) is 23.9 Å². The van der Waals surface area contributed by atoms with Gasteiger partial charge in [-0.2, -0.15) is 0 Å². The zero-order valence-electron chi connectivity index (χ0n) is 10.5. The molecule has 1 aromatic rings. The Bertz CT molecular complexity index is 357. The van der Waals surface area contributed by atoms with Crippen LogP contribution in [0.25, 0.3) is 0 Å². The van der Waals surface area contributed by atoms with Crippen LogP contribution in [-0.2, 0) is 9.47 Å². The Hall–Kier alpha value is -1.24. The molecule has 0 saturated carbocycles. The molecule has 0 aromatic carbocycles. The quantitative estimate of drug-likeness (QED) is 0.518. The predicted molar refractivity (Wildman–Crippen MR) is 75.9 cm³/mol. The van der Waals surface area contributed by atoms with Crippen molar-refractivity contribution >= 4 is 22.9 Å². The molecule has 0 bridgehead atoms. The van der Waals surface area contributed by atoms with Gasteiger partial charge < -0.3 is 20.5 Å². The monoisotopic (exact) mass is 269 g/mol. The molecule has 1 heterocycles. The Morgan fingerprint density at radius 3 is 2.83 bits per heavy atom. The number of nitrogens with one attached hydrogen (secondary N) is 1. The van der Waals surface area contributed by atoms with Gasteiger partial charge in [-0.25, -0.2) is 0 Å². The first-order valence-corrected chi connectivity index (χ1v) is 6.21. The van der Waals surface area contributed by atoms with Gasteiger partial charge >= 0.3 is 0 Å². The van der Waals surface area contributed by atoms with Gasteiger partial charge in [-0.1, -0.05) is 12.2 Å². The van der Waals surface area contributed by atoms with E-state index >= 15 is 0 Å². The van der Waals surface area contributed by atoms with Gasteiger partial charge in [-0.05, 0) is 18.6 Å². The highest BCUT2D eigenvalue weighted by molar-refractivity contribution is 7.80. The van der Waals surface area contributed by atoms with E-state index in [1.165, 1.54) is 0 Å². The average Bonchev–Trinajstić information content (AvgIpc) is 2.38. The molecular formula is C12H19N3O2S. The molecule has 0 spiro atoms. The van der Waals surface area contributed by atoms with Crippen molar-refractivity contribution in [3.8, 4) is 0 Å². The summed E-state index contributed by atoms with van der Waals surface area (Å²) in [5.41, 5.74) is 7.05. The summed E-state index contributed by atoms with van der Waals surface area (Å²) in [5.74, 6) is 0. The molecule has 1 aromatic heterocycles. The number of anilines is 1. The third-order valence-electron chi connectivity index (χ3n) is 2.24. The smallest absolute Gasteiger partial charge is 0.122 e. The van der Waals surface area contributed by atoms with E-state index in [-0.39, 0.29) is 0 Å². The minimum absolute atomic E-state index is 0.313. The zero-order valence-corrected chi connectivity index (χ0v) is 11.3. The summed E-state index contributed by atoms with van der Waals surface area (Å²) in [6.07, 6.45) is 2.65. The molecule has 0 amide bonds. The van der Waals surface area contributed by atoms with Crippen LogP contribution in [0.3, 0.4) is 0 Å². The van der Waals surface area contributed by atoms with Crippen LogP contribution in [-0.4, -0.2) is 43.4 Å². The molecule has 1 rings (SSSR count). The normalized spacial score (nSPS) is 10.3. The van der Waals surface area contributed by atoms with Gasteiger partial charge in [0, 0.05) is 20.3 Å². The molecule has 3 N–H and O–H groups in total. The minimum atomic E-state index is 0.313. The topological polar surface area (TPSA) is 69.4 Å². The lowest BCUT2D eigenvalue weighted by Crippen LogP contribution is -2.12. The van der Waals surface area contributed by atoms with E-state index in [1.54, 1.807) is 19.4 Å². The Morgan fingerprint density at radius 2 is 2.22 bits per heavy atom. The fourth-order valence-corrected chi connectivity index (χ4v) is 1.42. The maximum Gasteiger partial charge on any atom is 0.122 e. The van der Waals surface area contributed by atoms with Crippen molar-refractivity contribution < 1.29 is 9.47 Å². The lowest BCUT2D eigenvalue weighted by molar-refractivity contribution is 0.0705. The van der Waals surface area contributed by atoms with E-state index in [1.807, 2.05) is 6.07 Å². The molecule has 0 radical (unpaired) electrons. The first-order chi connectivity index (χ1) is 8.74. The molecule has 0 aliphatic heterocycles. The van der Waals surface area contributed by atoms with Crippen LogP contribution in [0.4, 0.5) is 5.69 Å². The highest BCUT2D eigenvalue weighted by atomic mass is 32.1. The molecule has 18 heavy (non-hydrogen) atoms. The maximum absolute atomic E-state index is 5.47. The summed E-state index contributed by atoms with van der Waals surface area (Å²) < 4.78 is 10.2. The minimum Gasteiger partial charge on any atom is -0.388 e. The van der Waals surface area contributed by atoms with Crippen molar-refractivity contribution in [3.05, 3.63) is 24.0 Å². The summed E-state index contributed by atoms with van der Waals surface area (Å²) in [6.45, 7) is 2.83. The summed E-state index contributed by atoms with van der Waals surface area (Å²) in [6, 6.07) is 3.72. The van der Waals surface area contributed by atoms with Crippen LogP contribution < -0.4 is 11.1 Å². The zero-order chi connectivity index (χ0) is 13.2. The molecule has 6 heteroatoms. The van der Waals surface area contributed by atoms with E-state index in [9.17, 15) is 0 Å². The Balaban J connectivity index is 2.14. The van der Waals surface area contributed by atoms with Gasteiger partial charge in [0.05, 0.1) is 30.8 Å². The second-order valence-electron chi connectivity index (χ2n) is 3.68. The number of hydrogen-bond acceptors (Lipinski definition) is 5. The maximum atomic E-state index is 5.47. The van der Waals surface area contributed by atoms with Crippen molar-refractivity contribution in [1.29, 1.82) is 0 Å². The Labute approximate surface area is 113 Å². The van der Waals surface area contributed by atoms with E-state index in [4.69, 9.17) is 27.4 Å². The number of rotatable bonds is 9. The predicted octanol–water partition coefficient (Wildman–Crippen LogP) is 1.18. The summed E-state index contributed by atoms with van der Waals surface area (Å²) >= 11 is 4.83. The van der Waals surface area contributed by atoms with Crippen molar-refractivity contribution in [1.82, 2.24) is 4.98 Å². The number of pyridine rings is 1. The average molecular weight is 269 g/mol. The van der Waals surface area contributed by atoms with Crippen LogP contribution in [0, 0.1) is 0 Å². The number of ether oxygens (including phenoxy) is 2. The highest BCUT2D eigenvalue weighted by Gasteiger charge is 1.97. The van der Waals surface area contributed by atoms with Gasteiger partial charge in [0.25, 0.3) is 0 Å². The second kappa shape index (κ2) is 8.79. The molecule has 5 nitrogen and oxygen atoms in total. The highest BCUT2D eigenvalue weighted by Crippen LogP contribution is 2.05. The van der Waals surface area contributed by atoms with Gasteiger partial charge in [0.2, 0.25) is 0 Å². The third-order valence-corrected chi connectivity index (χ3v) is 2.45. The number of nitrogens with two attached hydrogens (primary N) is 1. The number of aromatic nitrogens is 1. The van der Waals surface area contributed by atoms with Crippen LogP contribution in [0.5, 0.6) is 0 Å². The molecule has 0 fully saturated rings. The van der Waals surface area contributed by atoms with Gasteiger partial charge in [-0.15, -0.1) is 0 Å². The van der Waals surface area contributed by atoms with Crippen LogP contribution >= 0.6 is 12.2 Å². The van der Waals surface area contributed by atoms with Gasteiger partial charge in [-0.3, -0.25) is 4.98 Å². The van der Waals surface area contributed by atoms with E-state index in [0.717, 1.165) is 25.3 Å². The van der Waals surface area contributed by atoms with E-state index in [2.05, 4.69) is 10.3 Å². The molecule has 0 aliphatic carbocycles. The van der Waals surface area contributed by atoms with Crippen LogP contribution in [0.2, 0.25) is 0 Å². The molecular weight excluding hydrogens is 250 g/mol. The van der Waals surface area contributed by atoms with Gasteiger partial charge in [0.1, 0.15) is 4.99 Å². The Kier molecular flexibility index (Phi) is 7.24. The van der Waals surface area contributed by atoms with Gasteiger partial charge in [0.15, 0.2) is 0 Å². The standard InChI is InChI=1S/C12H19N3O2S/c1-16-7-8-17-6-2-5-14-10-3-4-11(12(13)18)15-9-10/h3-4,9,14H,2,5-8H2,1H3,(H2,13,18). The first kappa shape index (κ1) is 14.8. The van der Waals surface area contributed by atoms with Crippen molar-refractivity contribution in [3.63, 3.8) is 0 Å². The van der Waals surface area contributed by atoms with Crippen molar-refractivity contribution in [2.45, 2.75) is 6.42 Å². The van der Waals surface area contributed by atoms with Crippen molar-refractivity contribution in [2.24, 2.45) is 5.73 Å². The molecule has 0 unspecified atom stereocenters. The summed E-state index contributed by atoms with van der Waals surface area (Å²) in [5, 5.41) is 3.24. The molecule has 0 atom stereocenters. The number of methoxy groups -OCH3 is 1. The number of thiocarbonyl (C=S) groups is 1. The van der Waals surface area contributed by atoms with Crippen LogP contribution in [0.1, 0.15) is 12.1 Å². The largest absolute Gasteiger partial charge is 0.388 e. The molecule has 0 saturated heterocycles. The molecule has 0 aliphatic rings. The fourth-order valence-electron chi connectivity index (χ4n) is 1.30. The van der Waals surface area contributed by atoms with Crippen LogP contribution in [0.15, 0.2) is 18.3 Å². The SMILES string of the molecule is COCCOCCCNc1ccc(C(N)=S)nc1. The number of hydrogen-bond donors (Lipinski definition) is 2. The summed E-state index contributed by atoms with van der Waals surface area (Å²) in [4.78, 5) is 4.45. The summed E-state index contributed by atoms with van der Waals surface area (Å²) in [7, 11) is 1.66. The molecule has 100 valence electrons.